The molecule has 3 aromatic rings. The van der Waals surface area contributed by atoms with Crippen molar-refractivity contribution in [2.75, 3.05) is 6.54 Å². The zero-order valence-corrected chi connectivity index (χ0v) is 15.7. The van der Waals surface area contributed by atoms with Gasteiger partial charge >= 0.3 is 0 Å². The minimum absolute atomic E-state index is 0.0171. The number of thiophene rings is 1. The lowest BCUT2D eigenvalue weighted by Crippen LogP contribution is -2.36. The van der Waals surface area contributed by atoms with Crippen molar-refractivity contribution < 1.29 is 0 Å². The number of rotatable bonds is 5. The first-order valence-electron chi connectivity index (χ1n) is 9.06. The van der Waals surface area contributed by atoms with Gasteiger partial charge in [0.2, 0.25) is 0 Å². The normalized spacial score (nSPS) is 14.3. The summed E-state index contributed by atoms with van der Waals surface area (Å²) in [6, 6.07) is 10.3. The minimum atomic E-state index is 0.0171. The number of fused-ring (bicyclic) bond motifs is 1. The molecule has 1 N–H and O–H groups in total. The summed E-state index contributed by atoms with van der Waals surface area (Å²) in [6.07, 6.45) is 2.63. The molecule has 0 aromatic carbocycles. The standard InChI is InChI=1S/C20H22N4OS/c1-2-5-19-22-16-9-10-24(13-15(16)20(25)23-19)12-14-6-3-7-17(21-14)18-8-4-11-26-18/h3-4,6-8,11H,2,5,9-10,12-13H2,1H3,(H,22,23,25). The third-order valence-corrected chi connectivity index (χ3v) is 5.54. The molecule has 1 aliphatic rings. The van der Waals surface area contributed by atoms with E-state index in [1.54, 1.807) is 11.3 Å². The maximum Gasteiger partial charge on any atom is 0.255 e. The Labute approximate surface area is 156 Å². The van der Waals surface area contributed by atoms with E-state index in [0.717, 1.165) is 60.8 Å². The Morgan fingerprint density at radius 2 is 2.15 bits per heavy atom. The van der Waals surface area contributed by atoms with E-state index < -0.39 is 0 Å². The molecule has 0 radical (unpaired) electrons. The maximum atomic E-state index is 12.4. The average molecular weight is 366 g/mol. The Bertz CT molecular complexity index is 949. The van der Waals surface area contributed by atoms with Crippen LogP contribution in [0.2, 0.25) is 0 Å². The second-order valence-electron chi connectivity index (χ2n) is 6.64. The van der Waals surface area contributed by atoms with Gasteiger partial charge in [-0.15, -0.1) is 11.3 Å². The summed E-state index contributed by atoms with van der Waals surface area (Å²) in [4.78, 5) is 28.3. The van der Waals surface area contributed by atoms with Gasteiger partial charge in [0.15, 0.2) is 0 Å². The molecule has 0 spiro atoms. The van der Waals surface area contributed by atoms with E-state index in [2.05, 4.69) is 45.4 Å². The molecule has 4 rings (SSSR count). The lowest BCUT2D eigenvalue weighted by atomic mass is 10.1. The molecule has 26 heavy (non-hydrogen) atoms. The number of hydrogen-bond donors (Lipinski definition) is 1. The van der Waals surface area contributed by atoms with Gasteiger partial charge in [0.1, 0.15) is 5.82 Å². The van der Waals surface area contributed by atoms with Crippen LogP contribution >= 0.6 is 11.3 Å². The third-order valence-electron chi connectivity index (χ3n) is 4.65. The zero-order valence-electron chi connectivity index (χ0n) is 14.9. The predicted octanol–water partition coefficient (Wildman–Crippen LogP) is 3.40. The highest BCUT2D eigenvalue weighted by atomic mass is 32.1. The number of pyridine rings is 1. The van der Waals surface area contributed by atoms with Crippen molar-refractivity contribution in [3.8, 4) is 10.6 Å². The highest BCUT2D eigenvalue weighted by Gasteiger charge is 2.21. The monoisotopic (exact) mass is 366 g/mol. The third kappa shape index (κ3) is 3.61. The van der Waals surface area contributed by atoms with E-state index in [1.165, 1.54) is 4.88 Å². The summed E-state index contributed by atoms with van der Waals surface area (Å²) in [5.74, 6) is 0.815. The summed E-state index contributed by atoms with van der Waals surface area (Å²) in [5, 5.41) is 2.07. The number of aryl methyl sites for hydroxylation is 1. The first-order valence-corrected chi connectivity index (χ1v) is 9.94. The van der Waals surface area contributed by atoms with E-state index in [4.69, 9.17) is 4.98 Å². The van der Waals surface area contributed by atoms with E-state index >= 15 is 0 Å². The van der Waals surface area contributed by atoms with Crippen LogP contribution in [0, 0.1) is 0 Å². The summed E-state index contributed by atoms with van der Waals surface area (Å²) >= 11 is 1.70. The number of nitrogens with one attached hydrogen (secondary N) is 1. The second-order valence-corrected chi connectivity index (χ2v) is 7.59. The summed E-state index contributed by atoms with van der Waals surface area (Å²) in [5.41, 5.74) is 3.84. The quantitative estimate of drug-likeness (QED) is 0.752. The van der Waals surface area contributed by atoms with Crippen LogP contribution in [-0.2, 0) is 25.9 Å². The van der Waals surface area contributed by atoms with Crippen molar-refractivity contribution in [1.82, 2.24) is 19.9 Å². The molecule has 6 heteroatoms. The molecule has 1 aliphatic heterocycles. The van der Waals surface area contributed by atoms with Gasteiger partial charge in [-0.05, 0) is 30.0 Å². The number of H-pyrrole nitrogens is 1. The van der Waals surface area contributed by atoms with E-state index in [0.29, 0.717) is 6.54 Å². The number of aromatic nitrogens is 3. The molecule has 0 atom stereocenters. The van der Waals surface area contributed by atoms with Crippen molar-refractivity contribution in [2.24, 2.45) is 0 Å². The lowest BCUT2D eigenvalue weighted by molar-refractivity contribution is 0.238. The van der Waals surface area contributed by atoms with Gasteiger partial charge in [0.05, 0.1) is 27.5 Å². The Kier molecular flexibility index (Phi) is 4.95. The highest BCUT2D eigenvalue weighted by molar-refractivity contribution is 7.13. The highest BCUT2D eigenvalue weighted by Crippen LogP contribution is 2.23. The lowest BCUT2D eigenvalue weighted by Gasteiger charge is -2.27. The van der Waals surface area contributed by atoms with Gasteiger partial charge in [0, 0.05) is 32.5 Å². The zero-order chi connectivity index (χ0) is 17.9. The molecule has 0 unspecified atom stereocenters. The molecular weight excluding hydrogens is 344 g/mol. The first kappa shape index (κ1) is 17.1. The van der Waals surface area contributed by atoms with E-state index in [1.807, 2.05) is 12.1 Å². The van der Waals surface area contributed by atoms with Crippen LogP contribution in [0.4, 0.5) is 0 Å². The van der Waals surface area contributed by atoms with Crippen molar-refractivity contribution in [3.05, 3.63) is 68.8 Å². The summed E-state index contributed by atoms with van der Waals surface area (Å²) in [7, 11) is 0. The SMILES string of the molecule is CCCc1nc2c(c(=O)[nH]1)CN(Cc1cccc(-c3cccs3)n1)CC2. The summed E-state index contributed by atoms with van der Waals surface area (Å²) in [6.45, 7) is 4.38. The average Bonchev–Trinajstić information content (AvgIpc) is 3.18. The Balaban J connectivity index is 1.51. The Hall–Kier alpha value is -2.31. The predicted molar refractivity (Wildman–Crippen MR) is 104 cm³/mol. The largest absolute Gasteiger partial charge is 0.310 e. The number of hydrogen-bond acceptors (Lipinski definition) is 5. The molecule has 0 saturated carbocycles. The topological polar surface area (TPSA) is 61.9 Å². The van der Waals surface area contributed by atoms with Crippen LogP contribution in [-0.4, -0.2) is 26.4 Å². The van der Waals surface area contributed by atoms with Crippen molar-refractivity contribution >= 4 is 11.3 Å². The smallest absolute Gasteiger partial charge is 0.255 e. The molecule has 0 bridgehead atoms. The fraction of sp³-hybridized carbons (Fsp3) is 0.350. The minimum Gasteiger partial charge on any atom is -0.310 e. The van der Waals surface area contributed by atoms with Gasteiger partial charge in [-0.25, -0.2) is 4.98 Å². The molecule has 0 saturated heterocycles. The molecule has 3 aromatic heterocycles. The first-order chi connectivity index (χ1) is 12.7. The maximum absolute atomic E-state index is 12.4. The van der Waals surface area contributed by atoms with Gasteiger partial charge in [-0.1, -0.05) is 19.1 Å². The Morgan fingerprint density at radius 3 is 2.96 bits per heavy atom. The fourth-order valence-corrected chi connectivity index (χ4v) is 4.08. The van der Waals surface area contributed by atoms with Gasteiger partial charge < -0.3 is 4.98 Å². The van der Waals surface area contributed by atoms with Crippen LogP contribution in [0.5, 0.6) is 0 Å². The molecule has 0 amide bonds. The van der Waals surface area contributed by atoms with E-state index in [9.17, 15) is 4.79 Å². The Morgan fingerprint density at radius 1 is 1.23 bits per heavy atom. The van der Waals surface area contributed by atoms with Gasteiger partial charge in [-0.3, -0.25) is 14.7 Å². The molecular formula is C20H22N4OS. The van der Waals surface area contributed by atoms with Gasteiger partial charge in [0.25, 0.3) is 5.56 Å². The second kappa shape index (κ2) is 7.51. The van der Waals surface area contributed by atoms with Crippen LogP contribution < -0.4 is 5.56 Å². The van der Waals surface area contributed by atoms with Crippen LogP contribution in [0.25, 0.3) is 10.6 Å². The number of aromatic amines is 1. The van der Waals surface area contributed by atoms with Crippen LogP contribution in [0.15, 0.2) is 40.5 Å². The molecule has 0 aliphatic carbocycles. The summed E-state index contributed by atoms with van der Waals surface area (Å²) < 4.78 is 0. The molecule has 5 nitrogen and oxygen atoms in total. The van der Waals surface area contributed by atoms with E-state index in [-0.39, 0.29) is 5.56 Å². The molecule has 134 valence electrons. The number of nitrogens with zero attached hydrogens (tertiary/aromatic N) is 3. The van der Waals surface area contributed by atoms with Crippen molar-refractivity contribution in [2.45, 2.75) is 39.3 Å². The van der Waals surface area contributed by atoms with Crippen molar-refractivity contribution in [1.29, 1.82) is 0 Å². The van der Waals surface area contributed by atoms with Crippen molar-refractivity contribution in [3.63, 3.8) is 0 Å². The fourth-order valence-electron chi connectivity index (χ4n) is 3.38. The van der Waals surface area contributed by atoms with Crippen LogP contribution in [0.1, 0.15) is 36.1 Å². The van der Waals surface area contributed by atoms with Gasteiger partial charge in [-0.2, -0.15) is 0 Å². The van der Waals surface area contributed by atoms with Crippen LogP contribution in [0.3, 0.4) is 0 Å². The molecule has 0 fully saturated rings. The molecule has 4 heterocycles.